The van der Waals surface area contributed by atoms with Crippen LogP contribution < -0.4 is 0 Å². The molecule has 0 saturated heterocycles. The van der Waals surface area contributed by atoms with Gasteiger partial charge in [0.1, 0.15) is 6.61 Å². The highest BCUT2D eigenvalue weighted by Gasteiger charge is 1.97. The summed E-state index contributed by atoms with van der Waals surface area (Å²) in [5.74, 6) is 0. The SMILES string of the molecule is O[CH]C(O)CCO. The van der Waals surface area contributed by atoms with Gasteiger partial charge in [-0.3, -0.25) is 0 Å². The zero-order valence-corrected chi connectivity index (χ0v) is 3.91. The van der Waals surface area contributed by atoms with Gasteiger partial charge >= 0.3 is 0 Å². The van der Waals surface area contributed by atoms with E-state index in [2.05, 4.69) is 0 Å². The fourth-order valence-electron chi connectivity index (χ4n) is 0.207. The summed E-state index contributed by atoms with van der Waals surface area (Å²) in [6.07, 6.45) is -0.666. The molecule has 0 heterocycles. The maximum atomic E-state index is 8.39. The van der Waals surface area contributed by atoms with Crippen molar-refractivity contribution >= 4 is 0 Å². The molecule has 0 saturated carbocycles. The number of rotatable bonds is 3. The first-order valence-corrected chi connectivity index (χ1v) is 2.07. The van der Waals surface area contributed by atoms with Crippen molar-refractivity contribution in [1.82, 2.24) is 0 Å². The van der Waals surface area contributed by atoms with E-state index in [0.717, 1.165) is 0 Å². The third-order valence-electron chi connectivity index (χ3n) is 0.597. The summed E-state index contributed by atoms with van der Waals surface area (Å²) in [5.41, 5.74) is 0. The summed E-state index contributed by atoms with van der Waals surface area (Å²) in [7, 11) is 0. The molecule has 0 aromatic carbocycles. The van der Waals surface area contributed by atoms with Gasteiger partial charge in [0.05, 0.1) is 6.10 Å². The number of hydrogen-bond donors (Lipinski definition) is 3. The molecule has 3 nitrogen and oxygen atoms in total. The van der Waals surface area contributed by atoms with E-state index in [-0.39, 0.29) is 13.0 Å². The summed E-state index contributed by atoms with van der Waals surface area (Å²) in [6.45, 7) is 0.550. The molecule has 43 valence electrons. The van der Waals surface area contributed by atoms with Crippen LogP contribution in [0.5, 0.6) is 0 Å². The van der Waals surface area contributed by atoms with E-state index in [1.54, 1.807) is 0 Å². The lowest BCUT2D eigenvalue weighted by molar-refractivity contribution is 0.113. The molecule has 0 fully saturated rings. The van der Waals surface area contributed by atoms with Crippen LogP contribution in [-0.4, -0.2) is 28.0 Å². The molecule has 3 heteroatoms. The molecule has 3 N–H and O–H groups in total. The standard InChI is InChI=1S/C4H9O3/c5-2-1-4(7)3-6/h3-7H,1-2H2. The van der Waals surface area contributed by atoms with Crippen LogP contribution >= 0.6 is 0 Å². The first-order chi connectivity index (χ1) is 3.31. The summed E-state index contributed by atoms with van der Waals surface area (Å²) >= 11 is 0. The molecule has 0 aliphatic carbocycles. The van der Waals surface area contributed by atoms with Gasteiger partial charge < -0.3 is 15.3 Å². The fourth-order valence-corrected chi connectivity index (χ4v) is 0.207. The maximum absolute atomic E-state index is 8.39. The molecule has 1 atom stereocenters. The molecule has 1 unspecified atom stereocenters. The van der Waals surface area contributed by atoms with E-state index >= 15 is 0 Å². The van der Waals surface area contributed by atoms with Gasteiger partial charge in [-0.1, -0.05) is 0 Å². The normalized spacial score (nSPS) is 14.1. The molecule has 0 aromatic rings. The second-order valence-corrected chi connectivity index (χ2v) is 1.23. The monoisotopic (exact) mass is 105 g/mol. The van der Waals surface area contributed by atoms with Crippen molar-refractivity contribution in [3.8, 4) is 0 Å². The smallest absolute Gasteiger partial charge is 0.108 e. The van der Waals surface area contributed by atoms with Crippen LogP contribution in [0.25, 0.3) is 0 Å². The van der Waals surface area contributed by atoms with Gasteiger partial charge in [0, 0.05) is 6.61 Å². The van der Waals surface area contributed by atoms with Crippen molar-refractivity contribution in [3.05, 3.63) is 6.61 Å². The molecule has 1 radical (unpaired) electrons. The second-order valence-electron chi connectivity index (χ2n) is 1.23. The summed E-state index contributed by atoms with van der Waals surface area (Å²) in [4.78, 5) is 0. The third-order valence-corrected chi connectivity index (χ3v) is 0.597. The van der Waals surface area contributed by atoms with Gasteiger partial charge in [0.2, 0.25) is 0 Å². The fraction of sp³-hybridized carbons (Fsp3) is 0.750. The minimum Gasteiger partial charge on any atom is -0.396 e. The van der Waals surface area contributed by atoms with Crippen LogP contribution in [0.3, 0.4) is 0 Å². The van der Waals surface area contributed by atoms with Gasteiger partial charge in [0.15, 0.2) is 0 Å². The number of aliphatic hydroxyl groups excluding tert-OH is 3. The molecule has 0 rings (SSSR count). The van der Waals surface area contributed by atoms with Crippen molar-refractivity contribution in [2.75, 3.05) is 6.61 Å². The van der Waals surface area contributed by atoms with Crippen LogP contribution in [0.4, 0.5) is 0 Å². The summed E-state index contributed by atoms with van der Waals surface area (Å²) < 4.78 is 0. The summed E-state index contributed by atoms with van der Waals surface area (Å²) in [6, 6.07) is 0. The quantitative estimate of drug-likeness (QED) is 0.443. The summed E-state index contributed by atoms with van der Waals surface area (Å²) in [5, 5.41) is 24.4. The first-order valence-electron chi connectivity index (χ1n) is 2.07. The van der Waals surface area contributed by atoms with E-state index in [4.69, 9.17) is 15.3 Å². The number of aliphatic hydroxyl groups is 3. The van der Waals surface area contributed by atoms with Gasteiger partial charge in [-0.05, 0) is 6.42 Å². The average molecular weight is 105 g/mol. The molecule has 0 spiro atoms. The molecule has 0 bridgehead atoms. The average Bonchev–Trinajstić information content (AvgIpc) is 1.68. The Labute approximate surface area is 42.2 Å². The van der Waals surface area contributed by atoms with Crippen molar-refractivity contribution in [3.63, 3.8) is 0 Å². The van der Waals surface area contributed by atoms with Crippen LogP contribution in [0.2, 0.25) is 0 Å². The Kier molecular flexibility index (Phi) is 3.98. The Morgan fingerprint density at radius 3 is 2.29 bits per heavy atom. The Morgan fingerprint density at radius 2 is 2.14 bits per heavy atom. The highest BCUT2D eigenvalue weighted by Crippen LogP contribution is 1.89. The van der Waals surface area contributed by atoms with Gasteiger partial charge in [0.25, 0.3) is 0 Å². The van der Waals surface area contributed by atoms with Crippen molar-refractivity contribution < 1.29 is 15.3 Å². The maximum Gasteiger partial charge on any atom is 0.108 e. The van der Waals surface area contributed by atoms with E-state index in [1.165, 1.54) is 0 Å². The molecular weight excluding hydrogens is 96.0 g/mol. The van der Waals surface area contributed by atoms with Crippen LogP contribution in [0.1, 0.15) is 6.42 Å². The molecule has 0 amide bonds. The molecule has 0 aromatic heterocycles. The van der Waals surface area contributed by atoms with E-state index in [9.17, 15) is 0 Å². The van der Waals surface area contributed by atoms with E-state index in [0.29, 0.717) is 6.61 Å². The Balaban J connectivity index is 2.83. The molecule has 0 aliphatic heterocycles. The molecule has 0 aliphatic rings. The zero-order chi connectivity index (χ0) is 5.70. The molecule has 7 heavy (non-hydrogen) atoms. The Bertz CT molecular complexity index is 37.9. The highest BCUT2D eigenvalue weighted by molar-refractivity contribution is 4.60. The Hall–Kier alpha value is -0.120. The minimum atomic E-state index is -0.870. The van der Waals surface area contributed by atoms with Gasteiger partial charge in [-0.15, -0.1) is 0 Å². The predicted molar refractivity (Wildman–Crippen MR) is 23.9 cm³/mol. The minimum absolute atomic E-state index is 0.0990. The lowest BCUT2D eigenvalue weighted by Gasteiger charge is -1.99. The lowest BCUT2D eigenvalue weighted by atomic mass is 10.3. The number of hydrogen-bond acceptors (Lipinski definition) is 3. The first kappa shape index (κ1) is 6.88. The lowest BCUT2D eigenvalue weighted by Crippen LogP contribution is -2.08. The Morgan fingerprint density at radius 1 is 1.57 bits per heavy atom. The van der Waals surface area contributed by atoms with Crippen LogP contribution in [-0.2, 0) is 0 Å². The highest BCUT2D eigenvalue weighted by atomic mass is 16.3. The predicted octanol–water partition coefficient (Wildman–Crippen LogP) is -0.736. The zero-order valence-electron chi connectivity index (χ0n) is 3.91. The molecular formula is C4H9O3. The van der Waals surface area contributed by atoms with E-state index in [1.807, 2.05) is 0 Å². The topological polar surface area (TPSA) is 60.7 Å². The van der Waals surface area contributed by atoms with Crippen molar-refractivity contribution in [2.45, 2.75) is 12.5 Å². The van der Waals surface area contributed by atoms with Crippen molar-refractivity contribution in [2.24, 2.45) is 0 Å². The third kappa shape index (κ3) is 3.72. The van der Waals surface area contributed by atoms with E-state index < -0.39 is 6.10 Å². The van der Waals surface area contributed by atoms with Gasteiger partial charge in [-0.2, -0.15) is 0 Å². The van der Waals surface area contributed by atoms with Gasteiger partial charge in [-0.25, -0.2) is 0 Å². The second kappa shape index (κ2) is 4.05. The van der Waals surface area contributed by atoms with Crippen LogP contribution in [0.15, 0.2) is 0 Å². The van der Waals surface area contributed by atoms with Crippen LogP contribution in [0, 0.1) is 6.61 Å². The largest absolute Gasteiger partial charge is 0.396 e. The van der Waals surface area contributed by atoms with Crippen molar-refractivity contribution in [1.29, 1.82) is 0 Å².